The number of allylic oxidation sites excluding steroid dienone is 4. The maximum absolute atomic E-state index is 3.34. The van der Waals surface area contributed by atoms with Gasteiger partial charge in [-0.25, -0.2) is 11.6 Å². The van der Waals surface area contributed by atoms with Crippen LogP contribution >= 0.6 is 0 Å². The van der Waals surface area contributed by atoms with Crippen molar-refractivity contribution < 1.29 is 24.2 Å². The van der Waals surface area contributed by atoms with Gasteiger partial charge in [-0.1, -0.05) is 6.07 Å². The molecule has 1 aliphatic rings. The Morgan fingerprint density at radius 2 is 2.00 bits per heavy atom. The predicted molar refractivity (Wildman–Crippen MR) is 72.8 cm³/mol. The Bertz CT molecular complexity index is 470. The molecular weight excluding hydrogens is 283 g/mol. The van der Waals surface area contributed by atoms with Gasteiger partial charge in [0.05, 0.1) is 0 Å². The van der Waals surface area contributed by atoms with E-state index in [-0.39, 0.29) is 0 Å². The summed E-state index contributed by atoms with van der Waals surface area (Å²) in [5.74, 6) is 0. The van der Waals surface area contributed by atoms with E-state index in [1.54, 1.807) is 0 Å². The number of rotatable bonds is 0. The fourth-order valence-electron chi connectivity index (χ4n) is 1.57. The molecule has 1 aliphatic carbocycles. The molecule has 0 atom stereocenters. The number of hydrogen-bond donors (Lipinski definition) is 0. The van der Waals surface area contributed by atoms with Gasteiger partial charge in [0.15, 0.2) is 0 Å². The topological polar surface area (TPSA) is 0 Å². The first-order valence-corrected chi connectivity index (χ1v) is 7.29. The third-order valence-electron chi connectivity index (χ3n) is 2.42. The smallest absolute Gasteiger partial charge is 0.0809 e. The van der Waals surface area contributed by atoms with E-state index < -0.39 is 0 Å². The van der Waals surface area contributed by atoms with E-state index in [1.165, 1.54) is 40.6 Å². The van der Waals surface area contributed by atoms with E-state index in [9.17, 15) is 0 Å². The molecule has 17 heavy (non-hydrogen) atoms. The van der Waals surface area contributed by atoms with Gasteiger partial charge in [-0.2, -0.15) is 23.6 Å². The molecule has 0 saturated heterocycles. The fourth-order valence-corrected chi connectivity index (χ4v) is 1.57. The second-order valence-corrected chi connectivity index (χ2v) is 3.66. The minimum absolute atomic E-state index is 1.02. The second kappa shape index (κ2) is 8.20. The van der Waals surface area contributed by atoms with Crippen LogP contribution in [0.25, 0.3) is 10.8 Å². The molecule has 0 radical (unpaired) electrons. The van der Waals surface area contributed by atoms with Crippen molar-refractivity contribution in [3.8, 4) is 0 Å². The zero-order chi connectivity index (χ0) is 12.5. The minimum atomic E-state index is 1.02. The molecule has 2 aromatic carbocycles. The molecule has 1 heteroatoms. The maximum atomic E-state index is 3.34. The molecule has 0 unspecified atom stereocenters. The number of hydrogen-bond acceptors (Lipinski definition) is 0. The van der Waals surface area contributed by atoms with Gasteiger partial charge in [0.25, 0.3) is 0 Å². The molecule has 84 valence electrons. The Morgan fingerprint density at radius 1 is 1.24 bits per heavy atom. The Morgan fingerprint density at radius 3 is 2.53 bits per heavy atom. The molecule has 0 amide bonds. The second-order valence-electron chi connectivity index (χ2n) is 3.66. The van der Waals surface area contributed by atoms with Crippen LogP contribution in [0.2, 0.25) is 0 Å². The molecule has 0 spiro atoms. The van der Waals surface area contributed by atoms with Crippen molar-refractivity contribution in [3.63, 3.8) is 0 Å². The van der Waals surface area contributed by atoms with E-state index in [4.69, 9.17) is 0 Å². The number of benzene rings is 1. The van der Waals surface area contributed by atoms with Crippen LogP contribution in [0.1, 0.15) is 13.3 Å². The Labute approximate surface area is 118 Å². The van der Waals surface area contributed by atoms with Gasteiger partial charge in [-0.15, -0.1) is 43.0 Å². The summed E-state index contributed by atoms with van der Waals surface area (Å²) in [6.45, 7) is 2.08. The summed E-state index contributed by atoms with van der Waals surface area (Å²) in [5.41, 5.74) is 1.34. The van der Waals surface area contributed by atoms with Gasteiger partial charge in [0, 0.05) is 0 Å². The van der Waals surface area contributed by atoms with Crippen LogP contribution < -0.4 is 0 Å². The molecule has 0 N–H and O–H groups in total. The van der Waals surface area contributed by atoms with Crippen LogP contribution in [0.4, 0.5) is 0 Å². The van der Waals surface area contributed by atoms with Gasteiger partial charge >= 0.3 is 28.4 Å². The van der Waals surface area contributed by atoms with Gasteiger partial charge in [0.2, 0.25) is 0 Å². The largest absolute Gasteiger partial charge is 0.168 e. The first-order chi connectivity index (χ1) is 8.36. The van der Waals surface area contributed by atoms with Gasteiger partial charge in [-0.3, -0.25) is 6.08 Å². The van der Waals surface area contributed by atoms with Crippen molar-refractivity contribution in [2.75, 3.05) is 0 Å². The van der Waals surface area contributed by atoms with E-state index in [0.29, 0.717) is 0 Å². The Hall–Kier alpha value is -0.937. The SMILES string of the molecule is CC1=CC[C-]=C1.[CH2]=[Zr+2].c1ccc2[cH-]ccc2c1. The third kappa shape index (κ3) is 4.83. The van der Waals surface area contributed by atoms with Gasteiger partial charge < -0.3 is 0 Å². The van der Waals surface area contributed by atoms with E-state index in [2.05, 4.69) is 65.8 Å². The van der Waals surface area contributed by atoms with E-state index in [1.807, 2.05) is 6.08 Å². The summed E-state index contributed by atoms with van der Waals surface area (Å²) in [7, 11) is 0. The normalized spacial score (nSPS) is 12.3. The summed E-state index contributed by atoms with van der Waals surface area (Å²) >= 11 is 1.30. The fraction of sp³-hybridized carbons (Fsp3) is 0.125. The van der Waals surface area contributed by atoms with Gasteiger partial charge in [-0.05, 0) is 0 Å². The molecule has 0 saturated carbocycles. The predicted octanol–water partition coefficient (Wildman–Crippen LogP) is 4.22. The standard InChI is InChI=1S/C9H7.C6H7.CH2.Zr/c1-2-5-9-7-3-6-8(9)4-1;1-6-4-2-3-5-6;;/h1-7H;4-5H,2H2,1H3;1H2;/q2*-1;;+2. The monoisotopic (exact) mass is 298 g/mol. The first kappa shape index (κ1) is 14.1. The molecule has 3 rings (SSSR count). The van der Waals surface area contributed by atoms with Crippen LogP contribution in [0, 0.1) is 6.08 Å². The van der Waals surface area contributed by atoms with Crippen molar-refractivity contribution in [2.45, 2.75) is 13.3 Å². The van der Waals surface area contributed by atoms with Crippen LogP contribution in [0.5, 0.6) is 0 Å². The van der Waals surface area contributed by atoms with E-state index >= 15 is 0 Å². The maximum Gasteiger partial charge on any atom is -0.0809 e. The average molecular weight is 300 g/mol. The minimum Gasteiger partial charge on any atom is -0.168 e. The van der Waals surface area contributed by atoms with Crippen LogP contribution in [0.3, 0.4) is 0 Å². The zero-order valence-electron chi connectivity index (χ0n) is 10.1. The summed E-state index contributed by atoms with van der Waals surface area (Å²) in [6, 6.07) is 14.7. The van der Waals surface area contributed by atoms with E-state index in [0.717, 1.165) is 6.42 Å². The van der Waals surface area contributed by atoms with Crippen LogP contribution in [0.15, 0.2) is 60.2 Å². The molecule has 2 aromatic rings. The van der Waals surface area contributed by atoms with Crippen LogP contribution in [-0.4, -0.2) is 4.21 Å². The zero-order valence-corrected chi connectivity index (χ0v) is 12.6. The third-order valence-corrected chi connectivity index (χ3v) is 2.42. The van der Waals surface area contributed by atoms with Crippen molar-refractivity contribution in [2.24, 2.45) is 0 Å². The molecule has 0 bridgehead atoms. The molecule has 0 nitrogen and oxygen atoms in total. The Kier molecular flexibility index (Phi) is 6.81. The average Bonchev–Trinajstić information content (AvgIpc) is 3.02. The summed E-state index contributed by atoms with van der Waals surface area (Å²) < 4.78 is 3.34. The quantitative estimate of drug-likeness (QED) is 0.639. The van der Waals surface area contributed by atoms with Gasteiger partial charge in [0.1, 0.15) is 0 Å². The summed E-state index contributed by atoms with van der Waals surface area (Å²) in [6.07, 6.45) is 8.24. The van der Waals surface area contributed by atoms with Crippen LogP contribution in [-0.2, 0) is 24.2 Å². The van der Waals surface area contributed by atoms with Crippen molar-refractivity contribution >= 4 is 15.0 Å². The number of fused-ring (bicyclic) bond motifs is 1. The molecular formula is C16H16Zr. The molecule has 0 fully saturated rings. The first-order valence-electron chi connectivity index (χ1n) is 5.55. The molecule has 0 aromatic heterocycles. The summed E-state index contributed by atoms with van der Waals surface area (Å²) in [4.78, 5) is 0. The van der Waals surface area contributed by atoms with Crippen molar-refractivity contribution in [1.82, 2.24) is 0 Å². The van der Waals surface area contributed by atoms with Crippen molar-refractivity contribution in [3.05, 3.63) is 66.3 Å². The summed E-state index contributed by atoms with van der Waals surface area (Å²) in [5, 5.41) is 2.66. The molecule has 0 aliphatic heterocycles. The molecule has 0 heterocycles. The Balaban J connectivity index is 0.000000158. The van der Waals surface area contributed by atoms with Crippen molar-refractivity contribution in [1.29, 1.82) is 0 Å².